The summed E-state index contributed by atoms with van der Waals surface area (Å²) in [7, 11) is 0. The van der Waals surface area contributed by atoms with E-state index in [1.54, 1.807) is 0 Å². The van der Waals surface area contributed by atoms with E-state index in [0.717, 1.165) is 19.3 Å². The molecule has 0 aromatic heterocycles. The normalized spacial score (nSPS) is 25.1. The molecule has 0 aliphatic carbocycles. The third-order valence-corrected chi connectivity index (χ3v) is 4.73. The fraction of sp³-hybridized carbons (Fsp3) is 0.833. The molecule has 0 aromatic carbocycles. The molecule has 2 aliphatic rings. The van der Waals surface area contributed by atoms with Gasteiger partial charge in [0.05, 0.1) is 0 Å². The first-order chi connectivity index (χ1) is 8.68. The lowest BCUT2D eigenvalue weighted by atomic mass is 10.0. The minimum Gasteiger partial charge on any atom is -0.480 e. The van der Waals surface area contributed by atoms with E-state index in [1.807, 2.05) is 11.8 Å². The highest BCUT2D eigenvalue weighted by atomic mass is 32.2. The van der Waals surface area contributed by atoms with E-state index in [9.17, 15) is 9.59 Å². The van der Waals surface area contributed by atoms with Gasteiger partial charge in [0, 0.05) is 13.1 Å². The van der Waals surface area contributed by atoms with Crippen LogP contribution in [0.4, 0.5) is 4.79 Å². The van der Waals surface area contributed by atoms with Gasteiger partial charge in [-0.1, -0.05) is 0 Å². The number of carboxylic acids is 1. The number of carbonyl (C=O) groups excluding carboxylic acids is 1. The molecule has 2 fully saturated rings. The Morgan fingerprint density at radius 1 is 1.28 bits per heavy atom. The first-order valence-corrected chi connectivity index (χ1v) is 7.69. The van der Waals surface area contributed by atoms with Gasteiger partial charge < -0.3 is 15.3 Å². The van der Waals surface area contributed by atoms with Crippen molar-refractivity contribution in [3.05, 3.63) is 0 Å². The van der Waals surface area contributed by atoms with Crippen molar-refractivity contribution in [2.45, 2.75) is 31.7 Å². The van der Waals surface area contributed by atoms with Crippen LogP contribution in [0.25, 0.3) is 0 Å². The highest BCUT2D eigenvalue weighted by molar-refractivity contribution is 7.99. The second-order valence-corrected chi connectivity index (χ2v) is 6.16. The lowest BCUT2D eigenvalue weighted by Crippen LogP contribution is -2.47. The van der Waals surface area contributed by atoms with E-state index in [2.05, 4.69) is 5.32 Å². The van der Waals surface area contributed by atoms with Gasteiger partial charge in [0.25, 0.3) is 0 Å². The molecule has 2 amide bonds. The zero-order valence-corrected chi connectivity index (χ0v) is 11.2. The molecule has 2 rings (SSSR count). The number of carbonyl (C=O) groups is 2. The van der Waals surface area contributed by atoms with Crippen LogP contribution in [-0.4, -0.2) is 52.6 Å². The summed E-state index contributed by atoms with van der Waals surface area (Å²) in [5.74, 6) is 2.00. The molecule has 2 heterocycles. The molecule has 0 saturated carbocycles. The van der Waals surface area contributed by atoms with Crippen LogP contribution >= 0.6 is 11.8 Å². The molecule has 0 bridgehead atoms. The number of urea groups is 1. The SMILES string of the molecule is O=C(O)C1CCCN1C(=O)NCC1CCSCC1. The summed E-state index contributed by atoms with van der Waals surface area (Å²) in [6.45, 7) is 1.24. The number of nitrogens with one attached hydrogen (secondary N) is 1. The summed E-state index contributed by atoms with van der Waals surface area (Å²) in [6.07, 6.45) is 3.65. The number of carboxylic acid groups (broad SMARTS) is 1. The molecular formula is C12H20N2O3S. The molecule has 1 unspecified atom stereocenters. The Balaban J connectivity index is 1.78. The molecule has 2 saturated heterocycles. The summed E-state index contributed by atoms with van der Waals surface area (Å²) in [5, 5.41) is 11.9. The van der Waals surface area contributed by atoms with Crippen LogP contribution in [0, 0.1) is 5.92 Å². The van der Waals surface area contributed by atoms with Crippen molar-refractivity contribution < 1.29 is 14.7 Å². The van der Waals surface area contributed by atoms with Crippen LogP contribution in [0.3, 0.4) is 0 Å². The quantitative estimate of drug-likeness (QED) is 0.814. The summed E-state index contributed by atoms with van der Waals surface area (Å²) in [4.78, 5) is 24.4. The Morgan fingerprint density at radius 2 is 2.00 bits per heavy atom. The molecule has 102 valence electrons. The van der Waals surface area contributed by atoms with Crippen molar-refractivity contribution in [2.24, 2.45) is 5.92 Å². The molecule has 5 nitrogen and oxygen atoms in total. The average Bonchev–Trinajstić information content (AvgIpc) is 2.86. The first-order valence-electron chi connectivity index (χ1n) is 6.53. The maximum Gasteiger partial charge on any atom is 0.326 e. The molecule has 0 radical (unpaired) electrons. The Bertz CT molecular complexity index is 318. The van der Waals surface area contributed by atoms with Gasteiger partial charge in [0.15, 0.2) is 0 Å². The summed E-state index contributed by atoms with van der Waals surface area (Å²) < 4.78 is 0. The lowest BCUT2D eigenvalue weighted by Gasteiger charge is -2.25. The largest absolute Gasteiger partial charge is 0.480 e. The number of amides is 2. The van der Waals surface area contributed by atoms with E-state index in [1.165, 1.54) is 16.4 Å². The van der Waals surface area contributed by atoms with Gasteiger partial charge in [0.2, 0.25) is 0 Å². The summed E-state index contributed by atoms with van der Waals surface area (Å²) >= 11 is 1.96. The van der Waals surface area contributed by atoms with Gasteiger partial charge in [-0.05, 0) is 43.1 Å². The summed E-state index contributed by atoms with van der Waals surface area (Å²) in [5.41, 5.74) is 0. The van der Waals surface area contributed by atoms with Crippen LogP contribution in [0.1, 0.15) is 25.7 Å². The topological polar surface area (TPSA) is 69.6 Å². The minimum absolute atomic E-state index is 0.210. The van der Waals surface area contributed by atoms with Crippen LogP contribution < -0.4 is 5.32 Å². The van der Waals surface area contributed by atoms with Crippen LogP contribution in [0.15, 0.2) is 0 Å². The van der Waals surface area contributed by atoms with E-state index < -0.39 is 12.0 Å². The monoisotopic (exact) mass is 272 g/mol. The fourth-order valence-corrected chi connectivity index (χ4v) is 3.75. The van der Waals surface area contributed by atoms with Crippen molar-refractivity contribution in [3.63, 3.8) is 0 Å². The van der Waals surface area contributed by atoms with Crippen molar-refractivity contribution in [1.82, 2.24) is 10.2 Å². The second kappa shape index (κ2) is 6.31. The molecule has 1 atom stereocenters. The van der Waals surface area contributed by atoms with E-state index >= 15 is 0 Å². The van der Waals surface area contributed by atoms with Crippen molar-refractivity contribution in [2.75, 3.05) is 24.6 Å². The van der Waals surface area contributed by atoms with E-state index in [-0.39, 0.29) is 6.03 Å². The van der Waals surface area contributed by atoms with Crippen molar-refractivity contribution in [3.8, 4) is 0 Å². The molecule has 2 N–H and O–H groups in total. The summed E-state index contributed by atoms with van der Waals surface area (Å²) in [6, 6.07) is -0.843. The molecule has 18 heavy (non-hydrogen) atoms. The Kier molecular flexibility index (Phi) is 4.74. The number of nitrogens with zero attached hydrogens (tertiary/aromatic N) is 1. The van der Waals surface area contributed by atoms with Gasteiger partial charge in [-0.3, -0.25) is 0 Å². The van der Waals surface area contributed by atoms with E-state index in [0.29, 0.717) is 25.4 Å². The average molecular weight is 272 g/mol. The smallest absolute Gasteiger partial charge is 0.326 e. The van der Waals surface area contributed by atoms with Gasteiger partial charge in [0.1, 0.15) is 6.04 Å². The highest BCUT2D eigenvalue weighted by Gasteiger charge is 2.34. The number of thioether (sulfide) groups is 1. The Hall–Kier alpha value is -0.910. The van der Waals surface area contributed by atoms with Crippen LogP contribution in [-0.2, 0) is 4.79 Å². The molecule has 2 aliphatic heterocycles. The van der Waals surface area contributed by atoms with Crippen molar-refractivity contribution in [1.29, 1.82) is 0 Å². The van der Waals surface area contributed by atoms with E-state index in [4.69, 9.17) is 5.11 Å². The molecule has 6 heteroatoms. The zero-order chi connectivity index (χ0) is 13.0. The molecular weight excluding hydrogens is 252 g/mol. The number of likely N-dealkylation sites (tertiary alicyclic amines) is 1. The number of hydrogen-bond acceptors (Lipinski definition) is 3. The minimum atomic E-state index is -0.892. The maximum absolute atomic E-state index is 11.9. The van der Waals surface area contributed by atoms with Gasteiger partial charge in [-0.25, -0.2) is 9.59 Å². The zero-order valence-electron chi connectivity index (χ0n) is 10.4. The standard InChI is InChI=1S/C12H20N2O3S/c15-11(16)10-2-1-5-14(10)12(17)13-8-9-3-6-18-7-4-9/h9-10H,1-8H2,(H,13,17)(H,15,16). The fourth-order valence-electron chi connectivity index (χ4n) is 2.55. The number of hydrogen-bond donors (Lipinski definition) is 2. The lowest BCUT2D eigenvalue weighted by molar-refractivity contribution is -0.141. The number of aliphatic carboxylic acids is 1. The molecule has 0 spiro atoms. The van der Waals surface area contributed by atoms with Crippen LogP contribution in [0.2, 0.25) is 0 Å². The van der Waals surface area contributed by atoms with Gasteiger partial charge in [-0.15, -0.1) is 0 Å². The number of rotatable bonds is 3. The maximum atomic E-state index is 11.9. The van der Waals surface area contributed by atoms with Gasteiger partial charge in [-0.2, -0.15) is 11.8 Å². The predicted molar refractivity (Wildman–Crippen MR) is 70.8 cm³/mol. The Morgan fingerprint density at radius 3 is 2.67 bits per heavy atom. The highest BCUT2D eigenvalue weighted by Crippen LogP contribution is 2.22. The Labute approximate surface area is 111 Å². The van der Waals surface area contributed by atoms with Gasteiger partial charge >= 0.3 is 12.0 Å². The predicted octanol–water partition coefficient (Wildman–Crippen LogP) is 1.39. The van der Waals surface area contributed by atoms with Crippen molar-refractivity contribution >= 4 is 23.8 Å². The third-order valence-electron chi connectivity index (χ3n) is 3.68. The second-order valence-electron chi connectivity index (χ2n) is 4.93. The van der Waals surface area contributed by atoms with Crippen LogP contribution in [0.5, 0.6) is 0 Å². The first kappa shape index (κ1) is 13.5. The molecule has 0 aromatic rings. The third kappa shape index (κ3) is 3.31.